The van der Waals surface area contributed by atoms with Gasteiger partial charge >= 0.3 is 12.1 Å². The highest BCUT2D eigenvalue weighted by Crippen LogP contribution is 2.35. The van der Waals surface area contributed by atoms with Gasteiger partial charge in [0.25, 0.3) is 0 Å². The second-order valence-electron chi connectivity index (χ2n) is 7.98. The Bertz CT molecular complexity index is 1480. The normalized spacial score (nSPS) is 11.8. The van der Waals surface area contributed by atoms with Crippen LogP contribution in [0.5, 0.6) is 0 Å². The third kappa shape index (κ3) is 6.44. The van der Waals surface area contributed by atoms with Crippen LogP contribution in [0.1, 0.15) is 32.9 Å². The maximum absolute atomic E-state index is 13.9. The van der Waals surface area contributed by atoms with E-state index in [2.05, 4.69) is 25.7 Å². The number of aromatic nitrogens is 2. The van der Waals surface area contributed by atoms with Crippen LogP contribution in [0.25, 0.3) is 23.4 Å². The molecule has 190 valence electrons. The van der Waals surface area contributed by atoms with Crippen LogP contribution < -0.4 is 0 Å². The Morgan fingerprint density at radius 2 is 1.78 bits per heavy atom. The molecule has 0 radical (unpaired) electrons. The molecule has 0 aliphatic rings. The summed E-state index contributed by atoms with van der Waals surface area (Å²) in [7, 11) is 1.11. The zero-order chi connectivity index (χ0) is 26.7. The predicted molar refractivity (Wildman–Crippen MR) is 143 cm³/mol. The Morgan fingerprint density at radius 1 is 1.05 bits per heavy atom. The number of ether oxygens (including phenoxy) is 1. The van der Waals surface area contributed by atoms with Crippen LogP contribution in [0.3, 0.4) is 0 Å². The molecule has 0 aliphatic carbocycles. The molecule has 3 aromatic carbocycles. The van der Waals surface area contributed by atoms with E-state index < -0.39 is 17.7 Å². The van der Waals surface area contributed by atoms with Crippen molar-refractivity contribution in [1.29, 1.82) is 0 Å². The van der Waals surface area contributed by atoms with Crippen molar-refractivity contribution in [3.63, 3.8) is 0 Å². The van der Waals surface area contributed by atoms with Crippen molar-refractivity contribution in [3.05, 3.63) is 109 Å². The van der Waals surface area contributed by atoms with Gasteiger partial charge in [0.1, 0.15) is 5.82 Å². The van der Waals surface area contributed by atoms with Crippen molar-refractivity contribution < 1.29 is 22.7 Å². The number of halogens is 6. The third-order valence-electron chi connectivity index (χ3n) is 5.49. The zero-order valence-electron chi connectivity index (χ0n) is 19.2. The maximum Gasteiger partial charge on any atom is 0.416 e. The summed E-state index contributed by atoms with van der Waals surface area (Å²) in [4.78, 5) is 16.5. The van der Waals surface area contributed by atoms with Crippen LogP contribution in [-0.2, 0) is 17.5 Å². The molecule has 0 fully saturated rings. The van der Waals surface area contributed by atoms with Crippen LogP contribution in [-0.4, -0.2) is 22.6 Å². The number of carbonyl (C=O) groups excluding carboxylic acids is 1. The van der Waals surface area contributed by atoms with Crippen LogP contribution in [0.2, 0.25) is 10.0 Å². The number of nitrogens with zero attached hydrogens (tertiary/aromatic N) is 2. The molecule has 0 bridgehead atoms. The molecule has 0 amide bonds. The summed E-state index contributed by atoms with van der Waals surface area (Å²) in [5, 5.41) is 0.808. The summed E-state index contributed by atoms with van der Waals surface area (Å²) < 4.78 is 48.9. The van der Waals surface area contributed by atoms with E-state index in [1.807, 2.05) is 30.3 Å². The molecule has 0 spiro atoms. The van der Waals surface area contributed by atoms with E-state index in [-0.39, 0.29) is 17.7 Å². The number of methoxy groups -OCH3 is 1. The largest absolute Gasteiger partial charge is 0.465 e. The van der Waals surface area contributed by atoms with Crippen molar-refractivity contribution in [2.75, 3.05) is 7.11 Å². The fraction of sp³-hybridized carbons (Fsp3) is 0.111. The summed E-state index contributed by atoms with van der Waals surface area (Å²) in [6.45, 7) is -0.158. The quantitative estimate of drug-likeness (QED) is 0.206. The summed E-state index contributed by atoms with van der Waals surface area (Å²) in [6.07, 6.45) is 0.469. The number of esters is 1. The van der Waals surface area contributed by atoms with Crippen LogP contribution in [0.15, 0.2) is 71.3 Å². The molecule has 0 saturated carbocycles. The molecule has 0 aliphatic heterocycles. The lowest BCUT2D eigenvalue weighted by atomic mass is 10.0. The average Bonchev–Trinajstić information content (AvgIpc) is 3.24. The summed E-state index contributed by atoms with van der Waals surface area (Å²) >= 11 is 15.8. The highest BCUT2D eigenvalue weighted by molar-refractivity contribution is 9.10. The Morgan fingerprint density at radius 3 is 2.43 bits per heavy atom. The van der Waals surface area contributed by atoms with E-state index in [0.29, 0.717) is 27.1 Å². The van der Waals surface area contributed by atoms with Gasteiger partial charge in [0.15, 0.2) is 0 Å². The first-order valence-corrected chi connectivity index (χ1v) is 12.3. The molecule has 0 unspecified atom stereocenters. The monoisotopic (exact) mass is 608 g/mol. The number of imidazole rings is 1. The highest BCUT2D eigenvalue weighted by atomic mass is 79.9. The van der Waals surface area contributed by atoms with Crippen LogP contribution in [0, 0.1) is 0 Å². The van der Waals surface area contributed by atoms with E-state index in [9.17, 15) is 18.0 Å². The average molecular weight is 610 g/mol. The molecular weight excluding hydrogens is 592 g/mol. The smallest absolute Gasteiger partial charge is 0.416 e. The van der Waals surface area contributed by atoms with Gasteiger partial charge in [0.2, 0.25) is 0 Å². The molecule has 0 atom stereocenters. The Labute approximate surface area is 229 Å². The second-order valence-corrected chi connectivity index (χ2v) is 9.74. The first kappa shape index (κ1) is 27.0. The summed E-state index contributed by atoms with van der Waals surface area (Å²) in [6, 6.07) is 15.8. The van der Waals surface area contributed by atoms with Crippen molar-refractivity contribution in [1.82, 2.24) is 9.55 Å². The second kappa shape index (κ2) is 11.1. The summed E-state index contributed by atoms with van der Waals surface area (Å²) in [5.41, 5.74) is 0.773. The lowest BCUT2D eigenvalue weighted by Crippen LogP contribution is -2.14. The van der Waals surface area contributed by atoms with Gasteiger partial charge in [-0.05, 0) is 59.7 Å². The first-order valence-electron chi connectivity index (χ1n) is 10.8. The van der Waals surface area contributed by atoms with Crippen molar-refractivity contribution in [3.8, 4) is 11.3 Å². The van der Waals surface area contributed by atoms with Gasteiger partial charge < -0.3 is 9.30 Å². The van der Waals surface area contributed by atoms with E-state index in [1.54, 1.807) is 35.0 Å². The molecule has 10 heteroatoms. The number of benzene rings is 3. The van der Waals surface area contributed by atoms with E-state index in [0.717, 1.165) is 23.2 Å². The zero-order valence-corrected chi connectivity index (χ0v) is 22.3. The van der Waals surface area contributed by atoms with Crippen molar-refractivity contribution >= 4 is 57.3 Å². The molecule has 4 rings (SSSR count). The minimum Gasteiger partial charge on any atom is -0.465 e. The number of alkyl halides is 3. The fourth-order valence-corrected chi connectivity index (χ4v) is 4.44. The Kier molecular flexibility index (Phi) is 8.11. The van der Waals surface area contributed by atoms with Gasteiger partial charge in [-0.25, -0.2) is 9.78 Å². The van der Waals surface area contributed by atoms with Crippen molar-refractivity contribution in [2.45, 2.75) is 12.7 Å². The lowest BCUT2D eigenvalue weighted by molar-refractivity contribution is -0.138. The molecule has 4 nitrogen and oxygen atoms in total. The Hall–Kier alpha value is -3.07. The number of hydrogen-bond acceptors (Lipinski definition) is 3. The van der Waals surface area contributed by atoms with Gasteiger partial charge in [0.05, 0.1) is 29.0 Å². The fourth-order valence-electron chi connectivity index (χ4n) is 3.67. The standard InChI is InChI=1S/C27H18BrCl2F3N2O2/c1-37-26(36)17-5-6-18(22(12-17)27(31,32)33)14-35-15-24(21-10-9-20(29)13-23(21)30)34-25(35)11-4-16-2-7-19(28)8-3-16/h2-13,15H,14H2,1H3/b11-4+. The van der Waals surface area contributed by atoms with Gasteiger partial charge in [-0.2, -0.15) is 13.2 Å². The molecule has 0 saturated heterocycles. The molecular formula is C27H18BrCl2F3N2O2. The lowest BCUT2D eigenvalue weighted by Gasteiger charge is -2.15. The highest BCUT2D eigenvalue weighted by Gasteiger charge is 2.34. The molecule has 1 aromatic heterocycles. The van der Waals surface area contributed by atoms with Gasteiger partial charge in [-0.15, -0.1) is 0 Å². The molecule has 37 heavy (non-hydrogen) atoms. The van der Waals surface area contributed by atoms with Crippen LogP contribution >= 0.6 is 39.1 Å². The topological polar surface area (TPSA) is 44.1 Å². The van der Waals surface area contributed by atoms with Gasteiger partial charge in [0, 0.05) is 27.8 Å². The summed E-state index contributed by atoms with van der Waals surface area (Å²) in [5.74, 6) is -0.438. The minimum absolute atomic E-state index is 0.0374. The maximum atomic E-state index is 13.9. The van der Waals surface area contributed by atoms with Crippen molar-refractivity contribution in [2.24, 2.45) is 0 Å². The molecule has 4 aromatic rings. The van der Waals surface area contributed by atoms with Gasteiger partial charge in [-0.1, -0.05) is 63.4 Å². The van der Waals surface area contributed by atoms with E-state index in [1.165, 1.54) is 12.1 Å². The minimum atomic E-state index is -4.68. The molecule has 0 N–H and O–H groups in total. The molecule has 1 heterocycles. The number of rotatable bonds is 6. The van der Waals surface area contributed by atoms with Crippen LogP contribution in [0.4, 0.5) is 13.2 Å². The first-order chi connectivity index (χ1) is 17.5. The van der Waals surface area contributed by atoms with E-state index in [4.69, 9.17) is 23.2 Å². The number of carbonyl (C=O) groups is 1. The SMILES string of the molecule is COC(=O)c1ccc(Cn2cc(-c3ccc(Cl)cc3Cl)nc2/C=C/c2ccc(Br)cc2)c(C(F)(F)F)c1. The van der Waals surface area contributed by atoms with E-state index >= 15 is 0 Å². The predicted octanol–water partition coefficient (Wildman–Crippen LogP) is 8.64. The van der Waals surface area contributed by atoms with Gasteiger partial charge in [-0.3, -0.25) is 0 Å². The number of hydrogen-bond donors (Lipinski definition) is 0. The third-order valence-corrected chi connectivity index (χ3v) is 6.56. The Balaban J connectivity index is 1.80.